The fourth-order valence-corrected chi connectivity index (χ4v) is 2.82. The first kappa shape index (κ1) is 17.3. The fraction of sp³-hybridized carbons (Fsp3) is 0.222. The zero-order valence-electron chi connectivity index (χ0n) is 13.5. The Morgan fingerprint density at radius 1 is 1.32 bits per heavy atom. The summed E-state index contributed by atoms with van der Waals surface area (Å²) in [7, 11) is 0. The number of amides is 1. The van der Waals surface area contributed by atoms with Crippen LogP contribution in [-0.2, 0) is 6.42 Å². The molecule has 25 heavy (non-hydrogen) atoms. The Hall–Kier alpha value is -2.57. The molecule has 1 amide bonds. The van der Waals surface area contributed by atoms with Crippen LogP contribution >= 0.6 is 11.6 Å². The van der Waals surface area contributed by atoms with Crippen LogP contribution in [0.2, 0.25) is 5.02 Å². The van der Waals surface area contributed by atoms with Crippen LogP contribution in [0.15, 0.2) is 53.6 Å². The van der Waals surface area contributed by atoms with E-state index >= 15 is 0 Å². The van der Waals surface area contributed by atoms with Crippen molar-refractivity contribution in [2.24, 2.45) is 5.10 Å². The average molecular weight is 359 g/mol. The Balaban J connectivity index is 1.73. The fourth-order valence-electron chi connectivity index (χ4n) is 2.62. The molecule has 3 rings (SSSR count). The smallest absolute Gasteiger partial charge is 0.253 e. The van der Waals surface area contributed by atoms with Crippen LogP contribution in [0.5, 0.6) is 0 Å². The van der Waals surface area contributed by atoms with Crippen LogP contribution in [0.25, 0.3) is 0 Å². The molecule has 1 aliphatic rings. The summed E-state index contributed by atoms with van der Waals surface area (Å²) in [6.07, 6.45) is 2.19. The molecule has 0 spiro atoms. The summed E-state index contributed by atoms with van der Waals surface area (Å²) in [5.41, 5.74) is 5.05. The molecule has 0 radical (unpaired) electrons. The third-order valence-electron chi connectivity index (χ3n) is 3.94. The highest BCUT2D eigenvalue weighted by molar-refractivity contribution is 6.34. The number of anilines is 1. The molecule has 0 aliphatic carbocycles. The van der Waals surface area contributed by atoms with Crippen molar-refractivity contribution >= 4 is 29.5 Å². The zero-order valence-corrected chi connectivity index (χ0v) is 14.3. The van der Waals surface area contributed by atoms with Crippen molar-refractivity contribution in [2.45, 2.75) is 12.5 Å². The largest absolute Gasteiger partial charge is 0.394 e. The Morgan fingerprint density at radius 2 is 2.12 bits per heavy atom. The number of hydrazone groups is 1. The maximum Gasteiger partial charge on any atom is 0.253 e. The minimum absolute atomic E-state index is 0.152. The van der Waals surface area contributed by atoms with E-state index in [9.17, 15) is 9.90 Å². The molecule has 1 unspecified atom stereocenters. The number of halogens is 1. The van der Waals surface area contributed by atoms with Gasteiger partial charge in [-0.15, -0.1) is 0 Å². The zero-order chi connectivity index (χ0) is 17.6. The number of carbonyl (C=O) groups is 1. The number of aliphatic hydroxyl groups excluding tert-OH is 1. The second kappa shape index (κ2) is 8.00. The highest BCUT2D eigenvalue weighted by Crippen LogP contribution is 2.23. The number of benzene rings is 2. The summed E-state index contributed by atoms with van der Waals surface area (Å²) < 4.78 is 0. The van der Waals surface area contributed by atoms with Crippen LogP contribution < -0.4 is 15.6 Å². The molecule has 3 N–H and O–H groups in total. The number of hydrogen-bond acceptors (Lipinski definition) is 5. The van der Waals surface area contributed by atoms with Gasteiger partial charge in [0.25, 0.3) is 5.91 Å². The van der Waals surface area contributed by atoms with Crippen molar-refractivity contribution in [3.8, 4) is 0 Å². The van der Waals surface area contributed by atoms with Crippen molar-refractivity contribution in [1.29, 1.82) is 0 Å². The number of aliphatic hydroxyl groups is 1. The van der Waals surface area contributed by atoms with Gasteiger partial charge in [-0.2, -0.15) is 5.10 Å². The van der Waals surface area contributed by atoms with Gasteiger partial charge >= 0.3 is 0 Å². The van der Waals surface area contributed by atoms with Gasteiger partial charge in [-0.25, -0.2) is 0 Å². The van der Waals surface area contributed by atoms with Crippen molar-refractivity contribution in [3.05, 3.63) is 64.7 Å². The van der Waals surface area contributed by atoms with Gasteiger partial charge in [0.2, 0.25) is 0 Å². The van der Waals surface area contributed by atoms with Gasteiger partial charge in [-0.3, -0.25) is 10.2 Å². The molecule has 0 saturated heterocycles. The third-order valence-corrected chi connectivity index (χ3v) is 4.27. The summed E-state index contributed by atoms with van der Waals surface area (Å²) in [5.74, 6) is -0.314. The predicted molar refractivity (Wildman–Crippen MR) is 98.9 cm³/mol. The molecule has 1 heterocycles. The highest BCUT2D eigenvalue weighted by Gasteiger charge is 2.18. The number of nitrogens with zero attached hydrogens (tertiary/aromatic N) is 2. The van der Waals surface area contributed by atoms with Crippen LogP contribution in [0.4, 0.5) is 5.69 Å². The minimum atomic E-state index is -0.385. The molecule has 0 saturated carbocycles. The van der Waals surface area contributed by atoms with Crippen LogP contribution in [-0.4, -0.2) is 36.7 Å². The molecule has 1 atom stereocenters. The molecule has 0 aromatic heterocycles. The van der Waals surface area contributed by atoms with Crippen molar-refractivity contribution in [2.75, 3.05) is 18.2 Å². The highest BCUT2D eigenvalue weighted by atomic mass is 35.5. The SMILES string of the molecule is O=C(NC(CO)Cc1ccccc1)c1cc(N2C=NNC2)ccc1Cl. The first-order valence-corrected chi connectivity index (χ1v) is 8.33. The van der Waals surface area contributed by atoms with Crippen molar-refractivity contribution in [3.63, 3.8) is 0 Å². The monoisotopic (exact) mass is 358 g/mol. The summed E-state index contributed by atoms with van der Waals surface area (Å²) >= 11 is 6.19. The van der Waals surface area contributed by atoms with E-state index in [4.69, 9.17) is 11.6 Å². The Labute approximate surface area is 151 Å². The molecule has 7 heteroatoms. The standard InChI is InChI=1S/C18H19ClN4O2/c19-17-7-6-15(23-11-20-21-12-23)9-16(17)18(25)22-14(10-24)8-13-4-2-1-3-5-13/h1-7,9,11,14,21,24H,8,10,12H2,(H,22,25). The van der Waals surface area contributed by atoms with Gasteiger partial charge in [0.1, 0.15) is 13.0 Å². The van der Waals surface area contributed by atoms with E-state index in [2.05, 4.69) is 15.8 Å². The molecule has 6 nitrogen and oxygen atoms in total. The first-order valence-electron chi connectivity index (χ1n) is 7.95. The molecule has 130 valence electrons. The molecular weight excluding hydrogens is 340 g/mol. The Kier molecular flexibility index (Phi) is 5.53. The quantitative estimate of drug-likeness (QED) is 0.738. The van der Waals surface area contributed by atoms with E-state index in [0.29, 0.717) is 23.7 Å². The summed E-state index contributed by atoms with van der Waals surface area (Å²) in [6.45, 7) is 0.386. The lowest BCUT2D eigenvalue weighted by Gasteiger charge is -2.18. The molecule has 0 fully saturated rings. The van der Waals surface area contributed by atoms with E-state index in [0.717, 1.165) is 11.3 Å². The van der Waals surface area contributed by atoms with E-state index in [1.807, 2.05) is 41.3 Å². The van der Waals surface area contributed by atoms with E-state index < -0.39 is 0 Å². The number of carbonyl (C=O) groups excluding carboxylic acids is 1. The van der Waals surface area contributed by atoms with Crippen molar-refractivity contribution < 1.29 is 9.90 Å². The lowest BCUT2D eigenvalue weighted by Crippen LogP contribution is -2.39. The van der Waals surface area contributed by atoms with Gasteiger partial charge < -0.3 is 15.3 Å². The molecule has 1 aliphatic heterocycles. The number of rotatable bonds is 6. The number of nitrogens with one attached hydrogen (secondary N) is 2. The van der Waals surface area contributed by atoms with Gasteiger partial charge in [0.05, 0.1) is 23.2 Å². The topological polar surface area (TPSA) is 77.0 Å². The maximum absolute atomic E-state index is 12.6. The summed E-state index contributed by atoms with van der Waals surface area (Å²) in [5, 5.41) is 16.7. The maximum atomic E-state index is 12.6. The second-order valence-corrected chi connectivity index (χ2v) is 6.14. The van der Waals surface area contributed by atoms with Gasteiger partial charge in [0, 0.05) is 5.69 Å². The second-order valence-electron chi connectivity index (χ2n) is 5.74. The Bertz CT molecular complexity index is 767. The molecule has 0 bridgehead atoms. The molecular formula is C18H19ClN4O2. The van der Waals surface area contributed by atoms with E-state index in [1.165, 1.54) is 0 Å². The van der Waals surface area contributed by atoms with Crippen LogP contribution in [0, 0.1) is 0 Å². The molecule has 2 aromatic carbocycles. The normalized spacial score (nSPS) is 14.2. The van der Waals surface area contributed by atoms with E-state index in [-0.39, 0.29) is 18.6 Å². The molecule has 2 aromatic rings. The Morgan fingerprint density at radius 3 is 2.80 bits per heavy atom. The van der Waals surface area contributed by atoms with Gasteiger partial charge in [-0.1, -0.05) is 41.9 Å². The predicted octanol–water partition coefficient (Wildman–Crippen LogP) is 1.98. The van der Waals surface area contributed by atoms with Gasteiger partial charge in [-0.05, 0) is 30.2 Å². The minimum Gasteiger partial charge on any atom is -0.394 e. The lowest BCUT2D eigenvalue weighted by atomic mass is 10.1. The van der Waals surface area contributed by atoms with E-state index in [1.54, 1.807) is 18.5 Å². The summed E-state index contributed by atoms with van der Waals surface area (Å²) in [4.78, 5) is 14.5. The third kappa shape index (κ3) is 4.29. The summed E-state index contributed by atoms with van der Waals surface area (Å²) in [6, 6.07) is 14.5. The van der Waals surface area contributed by atoms with Crippen LogP contribution in [0.3, 0.4) is 0 Å². The number of hydrogen-bond donors (Lipinski definition) is 3. The average Bonchev–Trinajstić information content (AvgIpc) is 3.17. The first-order chi connectivity index (χ1) is 12.2. The van der Waals surface area contributed by atoms with Gasteiger partial charge in [0.15, 0.2) is 0 Å². The lowest BCUT2D eigenvalue weighted by molar-refractivity contribution is 0.0916. The van der Waals surface area contributed by atoms with Crippen LogP contribution in [0.1, 0.15) is 15.9 Å². The van der Waals surface area contributed by atoms with Crippen molar-refractivity contribution in [1.82, 2.24) is 10.7 Å².